The number of carbonyl (C=O) groups excluding carboxylic acids is 1. The molecule has 0 N–H and O–H groups in total. The number of morpholine rings is 1. The average Bonchev–Trinajstić information content (AvgIpc) is 2.48. The van der Waals surface area contributed by atoms with Gasteiger partial charge in [0.15, 0.2) is 0 Å². The number of amides is 1. The van der Waals surface area contributed by atoms with Gasteiger partial charge in [0.2, 0.25) is 5.91 Å². The number of hydrogen-bond donors (Lipinski definition) is 0. The van der Waals surface area contributed by atoms with Gasteiger partial charge in [0, 0.05) is 11.9 Å². The fourth-order valence-corrected chi connectivity index (χ4v) is 2.92. The van der Waals surface area contributed by atoms with Crippen LogP contribution in [0.3, 0.4) is 0 Å². The molecule has 1 aromatic rings. The van der Waals surface area contributed by atoms with Gasteiger partial charge in [-0.15, -0.1) is 0 Å². The van der Waals surface area contributed by atoms with E-state index in [1.165, 1.54) is 0 Å². The van der Waals surface area contributed by atoms with Gasteiger partial charge in [-0.05, 0) is 26.3 Å². The number of nitrogens with zero attached hydrogens (tertiary/aromatic N) is 1. The SMILES string of the molecule is CC1COC(CBr)CN1C(=O)C(C)(C)c1ccccc1. The van der Waals surface area contributed by atoms with Crippen molar-refractivity contribution in [2.24, 2.45) is 0 Å². The van der Waals surface area contributed by atoms with Crippen LogP contribution in [0.1, 0.15) is 26.3 Å². The Hall–Kier alpha value is -0.870. The van der Waals surface area contributed by atoms with Crippen molar-refractivity contribution in [3.8, 4) is 0 Å². The Labute approximate surface area is 129 Å². The normalized spacial score (nSPS) is 23.7. The third-order valence-corrected chi connectivity index (χ3v) is 4.69. The molecule has 2 unspecified atom stereocenters. The number of ether oxygens (including phenoxy) is 1. The van der Waals surface area contributed by atoms with Crippen molar-refractivity contribution in [1.82, 2.24) is 4.90 Å². The van der Waals surface area contributed by atoms with E-state index in [4.69, 9.17) is 4.74 Å². The van der Waals surface area contributed by atoms with Crippen molar-refractivity contribution in [1.29, 1.82) is 0 Å². The highest BCUT2D eigenvalue weighted by Crippen LogP contribution is 2.28. The van der Waals surface area contributed by atoms with E-state index in [0.29, 0.717) is 13.2 Å². The van der Waals surface area contributed by atoms with Crippen LogP contribution < -0.4 is 0 Å². The molecule has 1 aliphatic rings. The van der Waals surface area contributed by atoms with E-state index in [9.17, 15) is 4.79 Å². The topological polar surface area (TPSA) is 29.5 Å². The molecule has 2 rings (SSSR count). The smallest absolute Gasteiger partial charge is 0.233 e. The molecule has 110 valence electrons. The van der Waals surface area contributed by atoms with Gasteiger partial charge in [0.1, 0.15) is 0 Å². The van der Waals surface area contributed by atoms with Crippen LogP contribution in [0.25, 0.3) is 0 Å². The molecule has 1 aliphatic heterocycles. The van der Waals surface area contributed by atoms with Crippen LogP contribution in [0, 0.1) is 0 Å². The summed E-state index contributed by atoms with van der Waals surface area (Å²) in [6.07, 6.45) is 0.0849. The summed E-state index contributed by atoms with van der Waals surface area (Å²) >= 11 is 3.44. The van der Waals surface area contributed by atoms with E-state index in [2.05, 4.69) is 15.9 Å². The van der Waals surface area contributed by atoms with Gasteiger partial charge in [0.05, 0.1) is 24.2 Å². The molecule has 0 aliphatic carbocycles. The van der Waals surface area contributed by atoms with Gasteiger partial charge in [-0.2, -0.15) is 0 Å². The Morgan fingerprint density at radius 1 is 1.40 bits per heavy atom. The third kappa shape index (κ3) is 3.07. The number of hydrogen-bond acceptors (Lipinski definition) is 2. The monoisotopic (exact) mass is 339 g/mol. The summed E-state index contributed by atoms with van der Waals surface area (Å²) in [6.45, 7) is 7.30. The first-order valence-corrected chi connectivity index (χ1v) is 8.13. The molecule has 1 heterocycles. The van der Waals surface area contributed by atoms with Gasteiger partial charge in [0.25, 0.3) is 0 Å². The minimum Gasteiger partial charge on any atom is -0.373 e. The van der Waals surface area contributed by atoms with Crippen molar-refractivity contribution in [3.63, 3.8) is 0 Å². The molecule has 0 aromatic heterocycles. The van der Waals surface area contributed by atoms with Crippen molar-refractivity contribution in [2.75, 3.05) is 18.5 Å². The van der Waals surface area contributed by atoms with Crippen LogP contribution >= 0.6 is 15.9 Å². The lowest BCUT2D eigenvalue weighted by molar-refractivity contribution is -0.148. The van der Waals surface area contributed by atoms with E-state index in [-0.39, 0.29) is 18.1 Å². The fraction of sp³-hybridized carbons (Fsp3) is 0.562. The molecule has 0 saturated carbocycles. The van der Waals surface area contributed by atoms with Crippen LogP contribution in [0.15, 0.2) is 30.3 Å². The van der Waals surface area contributed by atoms with Crippen LogP contribution in [0.2, 0.25) is 0 Å². The number of benzene rings is 1. The van der Waals surface area contributed by atoms with Crippen LogP contribution in [-0.2, 0) is 14.9 Å². The van der Waals surface area contributed by atoms with E-state index < -0.39 is 5.41 Å². The van der Waals surface area contributed by atoms with Gasteiger partial charge in [-0.25, -0.2) is 0 Å². The summed E-state index contributed by atoms with van der Waals surface area (Å²) in [6, 6.07) is 10.1. The minimum atomic E-state index is -0.510. The van der Waals surface area contributed by atoms with Gasteiger partial charge in [-0.3, -0.25) is 4.79 Å². The van der Waals surface area contributed by atoms with Gasteiger partial charge in [-0.1, -0.05) is 46.3 Å². The molecule has 4 heteroatoms. The maximum absolute atomic E-state index is 12.9. The van der Waals surface area contributed by atoms with Crippen LogP contribution in [-0.4, -0.2) is 41.4 Å². The lowest BCUT2D eigenvalue weighted by Crippen LogP contribution is -2.55. The standard InChI is InChI=1S/C16H22BrNO2/c1-12-11-20-14(9-17)10-18(12)15(19)16(2,3)13-7-5-4-6-8-13/h4-8,12,14H,9-11H2,1-3H3. The summed E-state index contributed by atoms with van der Waals surface area (Å²) < 4.78 is 5.70. The maximum atomic E-state index is 12.9. The Bertz CT molecular complexity index is 461. The average molecular weight is 340 g/mol. The number of carbonyl (C=O) groups is 1. The number of rotatable bonds is 3. The molecule has 1 amide bonds. The second-order valence-electron chi connectivity index (χ2n) is 5.91. The lowest BCUT2D eigenvalue weighted by atomic mass is 9.82. The third-order valence-electron chi connectivity index (χ3n) is 3.97. The van der Waals surface area contributed by atoms with E-state index in [1.807, 2.05) is 56.0 Å². The maximum Gasteiger partial charge on any atom is 0.233 e. The molecule has 0 bridgehead atoms. The summed E-state index contributed by atoms with van der Waals surface area (Å²) in [5, 5.41) is 0.759. The van der Waals surface area contributed by atoms with Crippen molar-refractivity contribution < 1.29 is 9.53 Å². The minimum absolute atomic E-state index is 0.0849. The Morgan fingerprint density at radius 3 is 2.65 bits per heavy atom. The molecular formula is C16H22BrNO2. The molecule has 3 nitrogen and oxygen atoms in total. The van der Waals surface area contributed by atoms with Crippen molar-refractivity contribution >= 4 is 21.8 Å². The highest BCUT2D eigenvalue weighted by atomic mass is 79.9. The zero-order valence-corrected chi connectivity index (χ0v) is 13.9. The zero-order valence-electron chi connectivity index (χ0n) is 12.3. The lowest BCUT2D eigenvalue weighted by Gasteiger charge is -2.41. The van der Waals surface area contributed by atoms with E-state index >= 15 is 0 Å². The summed E-state index contributed by atoms with van der Waals surface area (Å²) in [5.74, 6) is 0.172. The first-order valence-electron chi connectivity index (χ1n) is 7.01. The molecule has 1 aromatic carbocycles. The molecule has 2 atom stereocenters. The van der Waals surface area contributed by atoms with Gasteiger partial charge >= 0.3 is 0 Å². The molecule has 1 fully saturated rings. The number of alkyl halides is 1. The second-order valence-corrected chi connectivity index (χ2v) is 6.55. The van der Waals surface area contributed by atoms with Crippen LogP contribution in [0.5, 0.6) is 0 Å². The summed E-state index contributed by atoms with van der Waals surface area (Å²) in [5.41, 5.74) is 0.545. The fourth-order valence-electron chi connectivity index (χ4n) is 2.53. The molecule has 1 saturated heterocycles. The summed E-state index contributed by atoms with van der Waals surface area (Å²) in [7, 11) is 0. The quantitative estimate of drug-likeness (QED) is 0.792. The molecular weight excluding hydrogens is 318 g/mol. The Balaban J connectivity index is 2.21. The summed E-state index contributed by atoms with van der Waals surface area (Å²) in [4.78, 5) is 14.9. The number of halogens is 1. The first-order chi connectivity index (χ1) is 9.46. The van der Waals surface area contributed by atoms with E-state index in [0.717, 1.165) is 10.9 Å². The van der Waals surface area contributed by atoms with Crippen LogP contribution in [0.4, 0.5) is 0 Å². The van der Waals surface area contributed by atoms with E-state index in [1.54, 1.807) is 0 Å². The van der Waals surface area contributed by atoms with Gasteiger partial charge < -0.3 is 9.64 Å². The first kappa shape index (κ1) is 15.5. The van der Waals surface area contributed by atoms with Crippen molar-refractivity contribution in [3.05, 3.63) is 35.9 Å². The Kier molecular flexibility index (Phi) is 4.86. The Morgan fingerprint density at radius 2 is 2.05 bits per heavy atom. The molecule has 20 heavy (non-hydrogen) atoms. The highest BCUT2D eigenvalue weighted by molar-refractivity contribution is 9.09. The predicted octanol–water partition coefficient (Wildman–Crippen LogP) is 2.98. The highest BCUT2D eigenvalue weighted by Gasteiger charge is 2.38. The zero-order chi connectivity index (χ0) is 14.8. The van der Waals surface area contributed by atoms with Crippen molar-refractivity contribution in [2.45, 2.75) is 38.3 Å². The predicted molar refractivity (Wildman–Crippen MR) is 84.2 cm³/mol. The second kappa shape index (κ2) is 6.27. The molecule has 0 spiro atoms. The largest absolute Gasteiger partial charge is 0.373 e. The molecule has 0 radical (unpaired) electrons.